The predicted molar refractivity (Wildman–Crippen MR) is 58.7 cm³/mol. The molecule has 76 valence electrons. The van der Waals surface area contributed by atoms with E-state index in [1.807, 2.05) is 18.2 Å². The topological polar surface area (TPSA) is 12.0 Å². The van der Waals surface area contributed by atoms with E-state index in [-0.39, 0.29) is 5.82 Å². The fraction of sp³-hybridized carbons (Fsp3) is 0.333. The highest BCUT2D eigenvalue weighted by molar-refractivity contribution is 5.50. The van der Waals surface area contributed by atoms with Crippen LogP contribution in [0.4, 0.5) is 4.39 Å². The van der Waals surface area contributed by atoms with E-state index in [4.69, 9.17) is 0 Å². The maximum absolute atomic E-state index is 12.9. The highest BCUT2D eigenvalue weighted by atomic mass is 19.1. The van der Waals surface area contributed by atoms with E-state index in [0.717, 1.165) is 18.7 Å². The number of rotatable bonds is 4. The van der Waals surface area contributed by atoms with Crippen molar-refractivity contribution >= 4 is 6.08 Å². The number of hydrogen-bond donors (Lipinski definition) is 1. The molecule has 0 bridgehead atoms. The van der Waals surface area contributed by atoms with Crippen LogP contribution in [0.2, 0.25) is 0 Å². The largest absolute Gasteiger partial charge is 0.314 e. The van der Waals surface area contributed by atoms with Crippen LogP contribution in [-0.2, 0) is 0 Å². The maximum Gasteiger partial charge on any atom is 0.126 e. The molecule has 0 heterocycles. The molecule has 1 N–H and O–H groups in total. The lowest BCUT2D eigenvalue weighted by Crippen LogP contribution is -2.11. The predicted octanol–water partition coefficient (Wildman–Crippen LogP) is 2.76. The van der Waals surface area contributed by atoms with Crippen molar-refractivity contribution in [2.45, 2.75) is 13.8 Å². The van der Waals surface area contributed by atoms with Gasteiger partial charge in [0.05, 0.1) is 0 Å². The lowest BCUT2D eigenvalue weighted by molar-refractivity contribution is 0.618. The number of aryl methyl sites for hydroxylation is 1. The molecule has 1 aromatic rings. The molecule has 0 aliphatic heterocycles. The van der Waals surface area contributed by atoms with Crippen molar-refractivity contribution < 1.29 is 4.39 Å². The summed E-state index contributed by atoms with van der Waals surface area (Å²) in [6.45, 7) is 5.66. The van der Waals surface area contributed by atoms with E-state index in [1.165, 1.54) is 6.07 Å². The van der Waals surface area contributed by atoms with Gasteiger partial charge in [0, 0.05) is 6.54 Å². The minimum atomic E-state index is -0.145. The number of halogens is 1. The molecule has 0 radical (unpaired) electrons. The molecule has 0 aliphatic rings. The molecule has 0 saturated carbocycles. The molecular formula is C12H16FN. The molecule has 14 heavy (non-hydrogen) atoms. The van der Waals surface area contributed by atoms with E-state index in [0.29, 0.717) is 5.56 Å². The molecule has 0 spiro atoms. The monoisotopic (exact) mass is 193 g/mol. The normalized spacial score (nSPS) is 11.1. The molecule has 1 aromatic carbocycles. The molecular weight excluding hydrogens is 177 g/mol. The van der Waals surface area contributed by atoms with Gasteiger partial charge in [-0.3, -0.25) is 0 Å². The Balaban J connectivity index is 2.59. The summed E-state index contributed by atoms with van der Waals surface area (Å²) in [5.74, 6) is -0.145. The number of benzene rings is 1. The maximum atomic E-state index is 12.9. The zero-order valence-corrected chi connectivity index (χ0v) is 8.68. The number of nitrogens with one attached hydrogen (secondary N) is 1. The van der Waals surface area contributed by atoms with Crippen molar-refractivity contribution in [1.82, 2.24) is 5.32 Å². The number of hydrogen-bond acceptors (Lipinski definition) is 1. The van der Waals surface area contributed by atoms with E-state index >= 15 is 0 Å². The Morgan fingerprint density at radius 3 is 2.86 bits per heavy atom. The van der Waals surface area contributed by atoms with Crippen molar-refractivity contribution in [2.24, 2.45) is 0 Å². The fourth-order valence-corrected chi connectivity index (χ4v) is 1.19. The standard InChI is InChI=1S/C12H16FN/c1-3-14-8-4-5-11-6-7-12(13)10(2)9-11/h4-7,9,14H,3,8H2,1-2H3. The summed E-state index contributed by atoms with van der Waals surface area (Å²) in [6, 6.07) is 5.13. The molecule has 0 aromatic heterocycles. The van der Waals surface area contributed by atoms with Crippen molar-refractivity contribution in [3.63, 3.8) is 0 Å². The zero-order chi connectivity index (χ0) is 10.4. The second-order valence-corrected chi connectivity index (χ2v) is 3.22. The van der Waals surface area contributed by atoms with Gasteiger partial charge < -0.3 is 5.32 Å². The lowest BCUT2D eigenvalue weighted by Gasteiger charge is -1.98. The van der Waals surface area contributed by atoms with E-state index in [2.05, 4.69) is 12.2 Å². The molecule has 2 heteroatoms. The van der Waals surface area contributed by atoms with Gasteiger partial charge in [0.15, 0.2) is 0 Å². The summed E-state index contributed by atoms with van der Waals surface area (Å²) in [5.41, 5.74) is 1.73. The SMILES string of the molecule is CCNCC=Cc1ccc(F)c(C)c1. The van der Waals surface area contributed by atoms with Gasteiger partial charge in [0.2, 0.25) is 0 Å². The van der Waals surface area contributed by atoms with Crippen LogP contribution in [0.15, 0.2) is 24.3 Å². The van der Waals surface area contributed by atoms with Crippen molar-refractivity contribution in [3.05, 3.63) is 41.2 Å². The van der Waals surface area contributed by atoms with Gasteiger partial charge in [0.25, 0.3) is 0 Å². The average Bonchev–Trinajstić information content (AvgIpc) is 2.18. The van der Waals surface area contributed by atoms with Gasteiger partial charge in [-0.25, -0.2) is 4.39 Å². The highest BCUT2D eigenvalue weighted by Crippen LogP contribution is 2.10. The first kappa shape index (κ1) is 10.9. The van der Waals surface area contributed by atoms with Gasteiger partial charge in [-0.1, -0.05) is 25.1 Å². The quantitative estimate of drug-likeness (QED) is 0.725. The average molecular weight is 193 g/mol. The third-order valence-corrected chi connectivity index (χ3v) is 2.00. The Hall–Kier alpha value is -1.15. The first-order valence-electron chi connectivity index (χ1n) is 4.87. The van der Waals surface area contributed by atoms with Gasteiger partial charge in [-0.05, 0) is 36.7 Å². The van der Waals surface area contributed by atoms with Crippen LogP contribution in [0.1, 0.15) is 18.1 Å². The minimum Gasteiger partial charge on any atom is -0.314 e. The van der Waals surface area contributed by atoms with Crippen LogP contribution in [0.3, 0.4) is 0 Å². The second kappa shape index (κ2) is 5.55. The van der Waals surface area contributed by atoms with Gasteiger partial charge in [0.1, 0.15) is 5.82 Å². The first-order chi connectivity index (χ1) is 6.74. The molecule has 0 saturated heterocycles. The Labute approximate surface area is 84.6 Å². The Morgan fingerprint density at radius 2 is 2.21 bits per heavy atom. The second-order valence-electron chi connectivity index (χ2n) is 3.22. The van der Waals surface area contributed by atoms with Gasteiger partial charge in [-0.2, -0.15) is 0 Å². The first-order valence-corrected chi connectivity index (χ1v) is 4.87. The van der Waals surface area contributed by atoms with Crippen molar-refractivity contribution in [2.75, 3.05) is 13.1 Å². The summed E-state index contributed by atoms with van der Waals surface area (Å²) >= 11 is 0. The van der Waals surface area contributed by atoms with Crippen molar-refractivity contribution in [1.29, 1.82) is 0 Å². The number of likely N-dealkylation sites (N-methyl/N-ethyl adjacent to an activating group) is 1. The molecule has 0 amide bonds. The summed E-state index contributed by atoms with van der Waals surface area (Å²) in [4.78, 5) is 0. The Bertz CT molecular complexity index is 318. The van der Waals surface area contributed by atoms with Crippen LogP contribution in [0, 0.1) is 12.7 Å². The Kier molecular flexibility index (Phi) is 4.33. The van der Waals surface area contributed by atoms with E-state index in [1.54, 1.807) is 13.0 Å². The highest BCUT2D eigenvalue weighted by Gasteiger charge is 1.95. The molecule has 0 atom stereocenters. The molecule has 1 nitrogen and oxygen atoms in total. The molecule has 0 fully saturated rings. The molecule has 0 unspecified atom stereocenters. The molecule has 1 rings (SSSR count). The van der Waals surface area contributed by atoms with E-state index in [9.17, 15) is 4.39 Å². The summed E-state index contributed by atoms with van der Waals surface area (Å²) in [6.07, 6.45) is 4.03. The molecule has 0 aliphatic carbocycles. The summed E-state index contributed by atoms with van der Waals surface area (Å²) in [7, 11) is 0. The van der Waals surface area contributed by atoms with Crippen LogP contribution < -0.4 is 5.32 Å². The lowest BCUT2D eigenvalue weighted by atomic mass is 10.1. The van der Waals surface area contributed by atoms with Crippen LogP contribution in [-0.4, -0.2) is 13.1 Å². The van der Waals surface area contributed by atoms with E-state index < -0.39 is 0 Å². The zero-order valence-electron chi connectivity index (χ0n) is 8.68. The third kappa shape index (κ3) is 3.30. The Morgan fingerprint density at radius 1 is 1.43 bits per heavy atom. The van der Waals surface area contributed by atoms with Gasteiger partial charge in [-0.15, -0.1) is 0 Å². The minimum absolute atomic E-state index is 0.145. The summed E-state index contributed by atoms with van der Waals surface area (Å²) < 4.78 is 12.9. The van der Waals surface area contributed by atoms with Crippen molar-refractivity contribution in [3.8, 4) is 0 Å². The van der Waals surface area contributed by atoms with Crippen LogP contribution in [0.25, 0.3) is 6.08 Å². The van der Waals surface area contributed by atoms with Crippen LogP contribution >= 0.6 is 0 Å². The third-order valence-electron chi connectivity index (χ3n) is 2.00. The summed E-state index contributed by atoms with van der Waals surface area (Å²) in [5, 5.41) is 3.18. The van der Waals surface area contributed by atoms with Crippen LogP contribution in [0.5, 0.6) is 0 Å². The smallest absolute Gasteiger partial charge is 0.126 e. The fourth-order valence-electron chi connectivity index (χ4n) is 1.19. The van der Waals surface area contributed by atoms with Gasteiger partial charge >= 0.3 is 0 Å².